The fraction of sp³-hybridized carbons (Fsp3) is 0.262. The van der Waals surface area contributed by atoms with Gasteiger partial charge >= 0.3 is 0 Å². The zero-order valence-electron chi connectivity index (χ0n) is 28.2. The molecule has 9 heteroatoms. The molecule has 1 fully saturated rings. The Morgan fingerprint density at radius 3 is 1.90 bits per heavy atom. The van der Waals surface area contributed by atoms with E-state index in [9.17, 15) is 5.11 Å². The molecule has 0 amide bonds. The van der Waals surface area contributed by atoms with Gasteiger partial charge in [0.1, 0.15) is 36.3 Å². The molecule has 1 aliphatic heterocycles. The average molecular weight is 722 g/mol. The van der Waals surface area contributed by atoms with E-state index in [0.717, 1.165) is 43.5 Å². The van der Waals surface area contributed by atoms with Gasteiger partial charge in [0.05, 0.1) is 42.1 Å². The van der Waals surface area contributed by atoms with Gasteiger partial charge in [0, 0.05) is 17.6 Å². The van der Waals surface area contributed by atoms with Crippen molar-refractivity contribution in [2.45, 2.75) is 69.8 Å². The first-order valence-electron chi connectivity index (χ1n) is 17.1. The lowest BCUT2D eigenvalue weighted by molar-refractivity contribution is -0.281. The number of nitrogens with zero attached hydrogens (tertiary/aromatic N) is 1. The second kappa shape index (κ2) is 16.9. The van der Waals surface area contributed by atoms with E-state index < -0.39 is 36.6 Å². The van der Waals surface area contributed by atoms with Crippen molar-refractivity contribution in [2.24, 2.45) is 0 Å². The van der Waals surface area contributed by atoms with E-state index in [4.69, 9.17) is 35.0 Å². The summed E-state index contributed by atoms with van der Waals surface area (Å²) in [7, 11) is 0. The van der Waals surface area contributed by atoms with Crippen LogP contribution in [0.4, 0.5) is 0 Å². The van der Waals surface area contributed by atoms with Gasteiger partial charge in [0.2, 0.25) is 0 Å². The summed E-state index contributed by atoms with van der Waals surface area (Å²) < 4.78 is 32.7. The van der Waals surface area contributed by atoms with Crippen LogP contribution < -0.4 is 0 Å². The lowest BCUT2D eigenvalue weighted by Crippen LogP contribution is -2.59. The van der Waals surface area contributed by atoms with E-state index in [2.05, 4.69) is 11.1 Å². The molecule has 3 heterocycles. The van der Waals surface area contributed by atoms with Gasteiger partial charge in [-0.15, -0.1) is 11.3 Å². The van der Waals surface area contributed by atoms with Crippen LogP contribution in [0.3, 0.4) is 0 Å². The highest BCUT2D eigenvalue weighted by Gasteiger charge is 2.50. The molecule has 0 radical (unpaired) electrons. The minimum absolute atomic E-state index is 0.318. The van der Waals surface area contributed by atoms with Gasteiger partial charge in [-0.1, -0.05) is 115 Å². The highest BCUT2D eigenvalue weighted by atomic mass is 35.5. The topological polar surface area (TPSA) is 83.2 Å². The van der Waals surface area contributed by atoms with Gasteiger partial charge < -0.3 is 28.5 Å². The fourth-order valence-electron chi connectivity index (χ4n) is 6.38. The van der Waals surface area contributed by atoms with Crippen LogP contribution in [0.15, 0.2) is 138 Å². The Kier molecular flexibility index (Phi) is 11.7. The molecule has 51 heavy (non-hydrogen) atoms. The zero-order chi connectivity index (χ0) is 35.0. The molecule has 262 valence electrons. The molecule has 1 saturated heterocycles. The number of halogens is 1. The number of hydrogen-bond donors (Lipinski definition) is 1. The van der Waals surface area contributed by atoms with Gasteiger partial charge in [-0.3, -0.25) is 0 Å². The molecule has 7 rings (SSSR count). The third-order valence-corrected chi connectivity index (χ3v) is 10.3. The van der Waals surface area contributed by atoms with Crippen LogP contribution >= 0.6 is 22.9 Å². The molecular weight excluding hydrogens is 682 g/mol. The maximum absolute atomic E-state index is 11.2. The zero-order valence-corrected chi connectivity index (χ0v) is 29.8. The molecule has 6 atom stereocenters. The van der Waals surface area contributed by atoms with Crippen LogP contribution in [0.25, 0.3) is 10.6 Å². The Bertz CT molecular complexity index is 1940. The molecule has 2 aromatic heterocycles. The highest BCUT2D eigenvalue weighted by molar-refractivity contribution is 7.15. The minimum atomic E-state index is -0.867. The third kappa shape index (κ3) is 8.86. The molecule has 1 aliphatic rings. The molecule has 6 aromatic rings. The van der Waals surface area contributed by atoms with Crippen LogP contribution in [-0.2, 0) is 45.2 Å². The van der Waals surface area contributed by atoms with Gasteiger partial charge in [0.25, 0.3) is 0 Å². The van der Waals surface area contributed by atoms with Crippen LogP contribution in [0.1, 0.15) is 45.9 Å². The number of aromatic nitrogens is 1. The van der Waals surface area contributed by atoms with E-state index >= 15 is 0 Å². The van der Waals surface area contributed by atoms with Crippen LogP contribution in [0.5, 0.6) is 0 Å². The van der Waals surface area contributed by atoms with Gasteiger partial charge in [-0.25, -0.2) is 4.98 Å². The SMILES string of the molecule is CC(O)[C@H]1O[C@@H](c2ccc(Cl)c(Cc3ncc(-c4ccco4)s3)c2)[C@H](OCc2ccccc2)[C@H](OCc2ccccc2)[C@H]1OCc1ccccc1. The molecule has 7 nitrogen and oxygen atoms in total. The molecule has 0 saturated carbocycles. The van der Waals surface area contributed by atoms with Crippen LogP contribution in [0, 0.1) is 0 Å². The Morgan fingerprint density at radius 2 is 1.33 bits per heavy atom. The van der Waals surface area contributed by atoms with E-state index in [1.54, 1.807) is 24.5 Å². The number of rotatable bonds is 14. The van der Waals surface area contributed by atoms with Crippen molar-refractivity contribution >= 4 is 22.9 Å². The normalized spacial score (nSPS) is 21.0. The van der Waals surface area contributed by atoms with Crippen molar-refractivity contribution < 1.29 is 28.5 Å². The number of benzene rings is 4. The van der Waals surface area contributed by atoms with E-state index in [0.29, 0.717) is 31.3 Å². The van der Waals surface area contributed by atoms with Crippen molar-refractivity contribution in [3.05, 3.63) is 172 Å². The van der Waals surface area contributed by atoms with E-state index in [-0.39, 0.29) is 0 Å². The number of furan rings is 1. The Labute approximate surface area is 307 Å². The monoisotopic (exact) mass is 721 g/mol. The minimum Gasteiger partial charge on any atom is -0.463 e. The summed E-state index contributed by atoms with van der Waals surface area (Å²) in [5.74, 6) is 0.780. The lowest BCUT2D eigenvalue weighted by Gasteiger charge is -2.47. The smallest absolute Gasteiger partial charge is 0.145 e. The number of hydrogen-bond acceptors (Lipinski definition) is 8. The van der Waals surface area contributed by atoms with E-state index in [1.807, 2.05) is 121 Å². The number of ether oxygens (including phenoxy) is 4. The summed E-state index contributed by atoms with van der Waals surface area (Å²) in [5.41, 5.74) is 4.80. The molecule has 1 N–H and O–H groups in total. The standard InChI is InChI=1S/C42H40ClNO6S/c1-28(45)38-40(47-25-29-12-5-2-6-13-29)42(49-27-31-16-9-4-10-17-31)41(48-26-30-14-7-3-8-15-30)39(50-38)32-19-20-34(43)33(22-32)23-37-44-24-36(51-37)35-18-11-21-46-35/h2-22,24,28,38-42,45H,23,25-27H2,1H3/t28?,38-,39+,40+,41+,42-/m1/s1. The van der Waals surface area contributed by atoms with Gasteiger partial charge in [-0.05, 0) is 52.9 Å². The van der Waals surface area contributed by atoms with E-state index in [1.165, 1.54) is 0 Å². The predicted molar refractivity (Wildman–Crippen MR) is 198 cm³/mol. The summed E-state index contributed by atoms with van der Waals surface area (Å²) in [6.07, 6.45) is -0.0515. The molecule has 1 unspecified atom stereocenters. The number of aliphatic hydroxyl groups is 1. The largest absolute Gasteiger partial charge is 0.463 e. The quantitative estimate of drug-likeness (QED) is 0.120. The maximum atomic E-state index is 11.2. The Hall–Kier alpha value is -4.12. The van der Waals surface area contributed by atoms with Crippen molar-refractivity contribution in [1.82, 2.24) is 4.98 Å². The molecule has 0 aliphatic carbocycles. The highest BCUT2D eigenvalue weighted by Crippen LogP contribution is 2.40. The van der Waals surface area contributed by atoms with Gasteiger partial charge in [0.15, 0.2) is 0 Å². The van der Waals surface area contributed by atoms with Crippen molar-refractivity contribution in [3.63, 3.8) is 0 Å². The summed E-state index contributed by atoms with van der Waals surface area (Å²) in [4.78, 5) is 5.61. The molecule has 0 spiro atoms. The first kappa shape index (κ1) is 35.3. The average Bonchev–Trinajstić information content (AvgIpc) is 3.87. The van der Waals surface area contributed by atoms with Crippen molar-refractivity contribution in [3.8, 4) is 10.6 Å². The van der Waals surface area contributed by atoms with Crippen LogP contribution in [-0.4, -0.2) is 40.6 Å². The maximum Gasteiger partial charge on any atom is 0.145 e. The van der Waals surface area contributed by atoms with Gasteiger partial charge in [-0.2, -0.15) is 0 Å². The summed E-state index contributed by atoms with van der Waals surface area (Å²) in [5, 5.41) is 12.8. The lowest BCUT2D eigenvalue weighted by atomic mass is 9.88. The van der Waals surface area contributed by atoms with Crippen molar-refractivity contribution in [2.75, 3.05) is 0 Å². The number of aliphatic hydroxyl groups excluding tert-OH is 1. The van der Waals surface area contributed by atoms with Crippen molar-refractivity contribution in [1.29, 1.82) is 0 Å². The predicted octanol–water partition coefficient (Wildman–Crippen LogP) is 9.22. The molecular formula is C42H40ClNO6S. The van der Waals surface area contributed by atoms with Crippen LogP contribution in [0.2, 0.25) is 5.02 Å². The molecule has 4 aromatic carbocycles. The summed E-state index contributed by atoms with van der Waals surface area (Å²) in [6, 6.07) is 39.7. The summed E-state index contributed by atoms with van der Waals surface area (Å²) >= 11 is 8.38. The Morgan fingerprint density at radius 1 is 0.745 bits per heavy atom. The second-order valence-electron chi connectivity index (χ2n) is 12.7. The summed E-state index contributed by atoms with van der Waals surface area (Å²) in [6.45, 7) is 2.70. The Balaban J connectivity index is 1.24. The second-order valence-corrected chi connectivity index (χ2v) is 14.2. The first-order chi connectivity index (χ1) is 25.0. The third-order valence-electron chi connectivity index (χ3n) is 8.96. The number of thiazole rings is 1. The fourth-order valence-corrected chi connectivity index (χ4v) is 7.48. The molecule has 0 bridgehead atoms. The first-order valence-corrected chi connectivity index (χ1v) is 18.3.